The summed E-state index contributed by atoms with van der Waals surface area (Å²) >= 11 is 6.07. The van der Waals surface area contributed by atoms with Crippen molar-refractivity contribution in [2.24, 2.45) is 16.9 Å². The number of imidazole rings is 1. The van der Waals surface area contributed by atoms with Gasteiger partial charge in [0, 0.05) is 23.2 Å². The van der Waals surface area contributed by atoms with Crippen molar-refractivity contribution < 1.29 is 14.5 Å². The predicted molar refractivity (Wildman–Crippen MR) is 161 cm³/mol. The molecule has 0 radical (unpaired) electrons. The number of nitro groups is 1. The van der Waals surface area contributed by atoms with E-state index in [0.29, 0.717) is 5.95 Å². The van der Waals surface area contributed by atoms with Gasteiger partial charge in [-0.05, 0) is 46.5 Å². The van der Waals surface area contributed by atoms with Gasteiger partial charge in [-0.2, -0.15) is 5.10 Å². The van der Waals surface area contributed by atoms with Gasteiger partial charge in [0.1, 0.15) is 5.69 Å². The largest absolute Gasteiger partial charge is 0.323 e. The minimum atomic E-state index is -1.14. The van der Waals surface area contributed by atoms with E-state index in [1.54, 1.807) is 6.21 Å². The average Bonchev–Trinajstić information content (AvgIpc) is 3.55. The number of fused-ring (bicyclic) bond motifs is 1. The number of benzene rings is 4. The standard InChI is InChI=1S/C32H21ClN6O4/c33-17-13-14-24(25(15-17)39(42)43)38-29(40)27-26-18-7-1-3-9-20(18)32(28(27)30(38)41,21-10-4-2-8-19(21)26)16-34-37-31-35-22-11-5-6-12-23(22)36-31/h1-16,26-28H,(H2,35,36,37)/b34-16-/t26?,27-,28-,32?/m0/s1. The number of rotatable bonds is 5. The Kier molecular flexibility index (Phi) is 5.35. The Morgan fingerprint density at radius 1 is 0.953 bits per heavy atom. The molecular weight excluding hydrogens is 568 g/mol. The summed E-state index contributed by atoms with van der Waals surface area (Å²) in [5, 5.41) is 16.8. The van der Waals surface area contributed by atoms with Gasteiger partial charge in [0.05, 0.1) is 33.2 Å². The van der Waals surface area contributed by atoms with Crippen LogP contribution in [-0.2, 0) is 15.0 Å². The molecule has 2 bridgehead atoms. The van der Waals surface area contributed by atoms with Crippen LogP contribution in [0.15, 0.2) is 96.1 Å². The second-order valence-electron chi connectivity index (χ2n) is 10.9. The quantitative estimate of drug-likeness (QED) is 0.116. The van der Waals surface area contributed by atoms with Crippen molar-refractivity contribution in [1.29, 1.82) is 0 Å². The van der Waals surface area contributed by atoms with E-state index in [2.05, 4.69) is 20.5 Å². The highest BCUT2D eigenvalue weighted by atomic mass is 35.5. The van der Waals surface area contributed by atoms with Gasteiger partial charge in [-0.3, -0.25) is 19.7 Å². The lowest BCUT2D eigenvalue weighted by molar-refractivity contribution is -0.384. The van der Waals surface area contributed by atoms with Crippen molar-refractivity contribution in [2.75, 3.05) is 10.3 Å². The number of para-hydroxylation sites is 2. The minimum Gasteiger partial charge on any atom is -0.323 e. The van der Waals surface area contributed by atoms with Gasteiger partial charge in [-0.1, -0.05) is 72.3 Å². The summed E-state index contributed by atoms with van der Waals surface area (Å²) in [5.41, 5.74) is 6.51. The zero-order valence-electron chi connectivity index (χ0n) is 22.3. The van der Waals surface area contributed by atoms with Crippen LogP contribution in [0.4, 0.5) is 17.3 Å². The first-order valence-corrected chi connectivity index (χ1v) is 14.0. The average molecular weight is 589 g/mol. The van der Waals surface area contributed by atoms with Crippen LogP contribution in [0.1, 0.15) is 28.2 Å². The maximum atomic E-state index is 14.5. The van der Waals surface area contributed by atoms with Crippen LogP contribution in [-0.4, -0.2) is 32.9 Å². The van der Waals surface area contributed by atoms with Crippen LogP contribution in [0, 0.1) is 22.0 Å². The van der Waals surface area contributed by atoms with Crippen molar-refractivity contribution in [3.63, 3.8) is 0 Å². The van der Waals surface area contributed by atoms with E-state index in [-0.39, 0.29) is 10.7 Å². The smallest absolute Gasteiger partial charge is 0.294 e. The van der Waals surface area contributed by atoms with Gasteiger partial charge < -0.3 is 4.98 Å². The Balaban J connectivity index is 1.32. The molecule has 0 unspecified atom stereocenters. The summed E-state index contributed by atoms with van der Waals surface area (Å²) in [7, 11) is 0. The Labute approximate surface area is 249 Å². The molecule has 1 aliphatic heterocycles. The summed E-state index contributed by atoms with van der Waals surface area (Å²) < 4.78 is 0. The summed E-state index contributed by atoms with van der Waals surface area (Å²) in [6.45, 7) is 0. The summed E-state index contributed by atoms with van der Waals surface area (Å²) in [5.74, 6) is -2.70. The summed E-state index contributed by atoms with van der Waals surface area (Å²) in [6, 6.07) is 27.1. The van der Waals surface area contributed by atoms with Crippen LogP contribution in [0.25, 0.3) is 11.0 Å². The fourth-order valence-corrected chi connectivity index (χ4v) is 7.49. The molecule has 1 fully saturated rings. The number of hydrazone groups is 1. The highest BCUT2D eigenvalue weighted by Gasteiger charge is 2.68. The number of hydrogen-bond acceptors (Lipinski definition) is 7. The van der Waals surface area contributed by atoms with Crippen LogP contribution in [0.2, 0.25) is 5.02 Å². The Morgan fingerprint density at radius 2 is 1.63 bits per heavy atom. The summed E-state index contributed by atoms with van der Waals surface area (Å²) in [4.78, 5) is 48.9. The molecule has 5 aromatic rings. The number of halogens is 1. The van der Waals surface area contributed by atoms with E-state index in [1.807, 2.05) is 72.8 Å². The lowest BCUT2D eigenvalue weighted by Crippen LogP contribution is -2.54. The third-order valence-corrected chi connectivity index (χ3v) is 9.12. The third kappa shape index (κ3) is 3.41. The minimum absolute atomic E-state index is 0.0983. The zero-order valence-corrected chi connectivity index (χ0v) is 23.0. The number of carbonyl (C=O) groups excluding carboxylic acids is 2. The molecule has 2 heterocycles. The van der Waals surface area contributed by atoms with Crippen LogP contribution >= 0.6 is 11.6 Å². The van der Waals surface area contributed by atoms with Gasteiger partial charge in [-0.15, -0.1) is 0 Å². The molecule has 0 saturated carbocycles. The first-order valence-electron chi connectivity index (χ1n) is 13.7. The molecule has 2 amide bonds. The maximum absolute atomic E-state index is 14.5. The second-order valence-corrected chi connectivity index (χ2v) is 11.3. The Hall–Kier alpha value is -5.35. The molecule has 10 nitrogen and oxygen atoms in total. The predicted octanol–water partition coefficient (Wildman–Crippen LogP) is 5.77. The fourth-order valence-electron chi connectivity index (χ4n) is 7.32. The van der Waals surface area contributed by atoms with E-state index in [9.17, 15) is 19.7 Å². The molecule has 2 N–H and O–H groups in total. The Bertz CT molecular complexity index is 1970. The number of nitrogens with one attached hydrogen (secondary N) is 2. The molecule has 4 aliphatic rings. The van der Waals surface area contributed by atoms with Crippen molar-refractivity contribution in [3.05, 3.63) is 128 Å². The van der Waals surface area contributed by atoms with Crippen molar-refractivity contribution in [1.82, 2.24) is 9.97 Å². The highest BCUT2D eigenvalue weighted by molar-refractivity contribution is 6.31. The van der Waals surface area contributed by atoms with E-state index in [4.69, 9.17) is 11.6 Å². The molecule has 43 heavy (non-hydrogen) atoms. The zero-order chi connectivity index (χ0) is 29.5. The van der Waals surface area contributed by atoms with Gasteiger partial charge in [0.2, 0.25) is 17.8 Å². The van der Waals surface area contributed by atoms with E-state index in [1.165, 1.54) is 12.1 Å². The molecule has 11 heteroatoms. The molecule has 2 atom stereocenters. The van der Waals surface area contributed by atoms with Crippen LogP contribution < -0.4 is 10.3 Å². The molecule has 1 aromatic heterocycles. The number of amides is 2. The van der Waals surface area contributed by atoms with Gasteiger partial charge in [0.25, 0.3) is 5.69 Å². The first-order chi connectivity index (χ1) is 20.9. The van der Waals surface area contributed by atoms with Gasteiger partial charge in [-0.25, -0.2) is 15.3 Å². The molecule has 9 rings (SSSR count). The number of hydrogen-bond donors (Lipinski definition) is 2. The molecule has 0 spiro atoms. The number of aromatic nitrogens is 2. The summed E-state index contributed by atoms with van der Waals surface area (Å²) in [6.07, 6.45) is 1.69. The SMILES string of the molecule is O=C1[C@@H]2[C@@H](C(=O)N1c1ccc(Cl)cc1[N+](=O)[O-])C1c3ccccc3C2(/C=N\Nc2nc3ccccc3[nH]2)c2ccccc21. The van der Waals surface area contributed by atoms with E-state index in [0.717, 1.165) is 44.3 Å². The highest BCUT2D eigenvalue weighted by Crippen LogP contribution is 2.64. The third-order valence-electron chi connectivity index (χ3n) is 8.89. The fraction of sp³-hybridized carbons (Fsp3) is 0.125. The van der Waals surface area contributed by atoms with Crippen molar-refractivity contribution in [3.8, 4) is 0 Å². The lowest BCUT2D eigenvalue weighted by Gasteiger charge is -2.52. The monoisotopic (exact) mass is 588 g/mol. The van der Waals surface area contributed by atoms with Crippen LogP contribution in [0.5, 0.6) is 0 Å². The van der Waals surface area contributed by atoms with E-state index >= 15 is 0 Å². The number of aromatic amines is 1. The first kappa shape index (κ1) is 25.4. The van der Waals surface area contributed by atoms with Crippen molar-refractivity contribution >= 4 is 58.0 Å². The number of nitro benzene ring substituents is 1. The van der Waals surface area contributed by atoms with Crippen molar-refractivity contribution in [2.45, 2.75) is 11.3 Å². The maximum Gasteiger partial charge on any atom is 0.294 e. The number of carbonyl (C=O) groups is 2. The number of H-pyrrole nitrogens is 1. The normalized spacial score (nSPS) is 23.5. The number of nitrogens with zero attached hydrogens (tertiary/aromatic N) is 4. The molecule has 210 valence electrons. The van der Waals surface area contributed by atoms with Gasteiger partial charge >= 0.3 is 0 Å². The Morgan fingerprint density at radius 3 is 2.33 bits per heavy atom. The number of imide groups is 1. The van der Waals surface area contributed by atoms with E-state index < -0.39 is 45.6 Å². The lowest BCUT2D eigenvalue weighted by atomic mass is 9.47. The number of anilines is 2. The second kappa shape index (κ2) is 9.07. The molecule has 1 saturated heterocycles. The molecular formula is C32H21ClN6O4. The topological polar surface area (TPSA) is 134 Å². The molecule has 3 aliphatic carbocycles. The molecule has 4 aromatic carbocycles. The van der Waals surface area contributed by atoms with Gasteiger partial charge in [0.15, 0.2) is 0 Å². The van der Waals surface area contributed by atoms with Crippen LogP contribution in [0.3, 0.4) is 0 Å².